The number of aliphatic carboxylic acids is 1. The number of carbonyl (C=O) groups is 2. The predicted octanol–water partition coefficient (Wildman–Crippen LogP) is 1.36. The molecule has 0 atom stereocenters. The summed E-state index contributed by atoms with van der Waals surface area (Å²) in [7, 11) is 1.55. The van der Waals surface area contributed by atoms with Gasteiger partial charge in [0.1, 0.15) is 5.75 Å². The van der Waals surface area contributed by atoms with E-state index in [0.29, 0.717) is 5.75 Å². The van der Waals surface area contributed by atoms with E-state index in [0.717, 1.165) is 11.6 Å². The second-order valence-corrected chi connectivity index (χ2v) is 2.78. The molecule has 4 nitrogen and oxygen atoms in total. The first-order chi connectivity index (χ1) is 7.13. The minimum absolute atomic E-state index is 0.705. The number of hydrogen-bond donors (Lipinski definition) is 1. The molecule has 0 aromatic heterocycles. The fraction of sp³-hybridized carbons (Fsp3) is 0.0909. The van der Waals surface area contributed by atoms with Crippen molar-refractivity contribution in [2.45, 2.75) is 0 Å². The molecule has 0 aliphatic rings. The van der Waals surface area contributed by atoms with Crippen LogP contribution in [0.3, 0.4) is 0 Å². The molecule has 0 saturated heterocycles. The van der Waals surface area contributed by atoms with E-state index < -0.39 is 11.8 Å². The van der Waals surface area contributed by atoms with E-state index in [4.69, 9.17) is 9.84 Å². The number of carboxylic acids is 1. The lowest BCUT2D eigenvalue weighted by Crippen LogP contribution is -2.08. The third-order valence-corrected chi connectivity index (χ3v) is 1.75. The molecule has 0 bridgehead atoms. The Kier molecular flexibility index (Phi) is 3.62. The molecule has 0 unspecified atom stereocenters. The number of benzene rings is 1. The van der Waals surface area contributed by atoms with E-state index in [1.165, 1.54) is 6.08 Å². The largest absolute Gasteiger partial charge is 0.497 e. The fourth-order valence-corrected chi connectivity index (χ4v) is 0.958. The minimum Gasteiger partial charge on any atom is -0.497 e. The maximum atomic E-state index is 10.7. The molecule has 0 aliphatic carbocycles. The van der Waals surface area contributed by atoms with Crippen LogP contribution in [-0.4, -0.2) is 24.0 Å². The summed E-state index contributed by atoms with van der Waals surface area (Å²) in [5, 5.41) is 8.32. The number of ether oxygens (including phenoxy) is 1. The zero-order valence-electron chi connectivity index (χ0n) is 8.14. The monoisotopic (exact) mass is 206 g/mol. The van der Waals surface area contributed by atoms with Crippen molar-refractivity contribution >= 4 is 17.8 Å². The molecular weight excluding hydrogens is 196 g/mol. The van der Waals surface area contributed by atoms with Crippen LogP contribution in [0.2, 0.25) is 0 Å². The lowest BCUT2D eigenvalue weighted by Gasteiger charge is -1.98. The molecule has 0 fully saturated rings. The number of carboxylic acid groups (broad SMARTS) is 1. The molecule has 78 valence electrons. The summed E-state index contributed by atoms with van der Waals surface area (Å²) in [6.45, 7) is 0. The summed E-state index contributed by atoms with van der Waals surface area (Å²) in [6.07, 6.45) is 2.46. The Bertz CT molecular complexity index is 390. The molecule has 0 heterocycles. The summed E-state index contributed by atoms with van der Waals surface area (Å²) >= 11 is 0. The van der Waals surface area contributed by atoms with Gasteiger partial charge < -0.3 is 9.84 Å². The quantitative estimate of drug-likeness (QED) is 0.596. The number of carbonyl (C=O) groups excluding carboxylic acids is 1. The Morgan fingerprint density at radius 2 is 1.87 bits per heavy atom. The lowest BCUT2D eigenvalue weighted by atomic mass is 10.2. The molecule has 0 aliphatic heterocycles. The summed E-state index contributed by atoms with van der Waals surface area (Å²) in [4.78, 5) is 20.9. The number of ketones is 1. The molecule has 0 amide bonds. The normalized spacial score (nSPS) is 10.2. The van der Waals surface area contributed by atoms with Gasteiger partial charge in [0.05, 0.1) is 7.11 Å². The molecule has 0 spiro atoms. The van der Waals surface area contributed by atoms with Crippen LogP contribution >= 0.6 is 0 Å². The van der Waals surface area contributed by atoms with Crippen molar-refractivity contribution < 1.29 is 19.4 Å². The van der Waals surface area contributed by atoms with Crippen LogP contribution in [0.5, 0.6) is 5.75 Å². The summed E-state index contributed by atoms with van der Waals surface area (Å²) in [5.74, 6) is -1.69. The maximum Gasteiger partial charge on any atom is 0.376 e. The molecule has 1 aromatic carbocycles. The average Bonchev–Trinajstić information content (AvgIpc) is 2.26. The first kappa shape index (κ1) is 11.0. The SMILES string of the molecule is COc1ccc(/C=C/C(=O)C(=O)O)cc1. The van der Waals surface area contributed by atoms with Crippen LogP contribution in [0.4, 0.5) is 0 Å². The number of hydrogen-bond acceptors (Lipinski definition) is 3. The summed E-state index contributed by atoms with van der Waals surface area (Å²) < 4.78 is 4.95. The van der Waals surface area contributed by atoms with Crippen LogP contribution in [0.25, 0.3) is 6.08 Å². The Morgan fingerprint density at radius 3 is 2.33 bits per heavy atom. The zero-order valence-corrected chi connectivity index (χ0v) is 8.14. The van der Waals surface area contributed by atoms with E-state index in [2.05, 4.69) is 0 Å². The van der Waals surface area contributed by atoms with Gasteiger partial charge in [-0.1, -0.05) is 18.2 Å². The van der Waals surface area contributed by atoms with Crippen molar-refractivity contribution in [2.24, 2.45) is 0 Å². The highest BCUT2D eigenvalue weighted by atomic mass is 16.5. The van der Waals surface area contributed by atoms with Gasteiger partial charge in [-0.05, 0) is 23.8 Å². The van der Waals surface area contributed by atoms with Crippen LogP contribution in [0, 0.1) is 0 Å². The van der Waals surface area contributed by atoms with Crippen molar-refractivity contribution in [2.75, 3.05) is 7.11 Å². The van der Waals surface area contributed by atoms with Gasteiger partial charge in [0, 0.05) is 0 Å². The molecule has 15 heavy (non-hydrogen) atoms. The highest BCUT2D eigenvalue weighted by Crippen LogP contribution is 2.12. The standard InChI is InChI=1S/C11H10O4/c1-15-9-5-2-8(3-6-9)4-7-10(12)11(13)14/h2-7H,1H3,(H,13,14)/b7-4+. The van der Waals surface area contributed by atoms with Crippen molar-refractivity contribution in [3.8, 4) is 5.75 Å². The Balaban J connectivity index is 2.73. The highest BCUT2D eigenvalue weighted by Gasteiger charge is 2.05. The Labute approximate surface area is 86.8 Å². The fourth-order valence-electron chi connectivity index (χ4n) is 0.958. The summed E-state index contributed by atoms with van der Waals surface area (Å²) in [5.41, 5.74) is 0.741. The third kappa shape index (κ3) is 3.27. The van der Waals surface area contributed by atoms with E-state index in [1.807, 2.05) is 0 Å². The summed E-state index contributed by atoms with van der Waals surface area (Å²) in [6, 6.07) is 6.91. The molecule has 1 N–H and O–H groups in total. The smallest absolute Gasteiger partial charge is 0.376 e. The van der Waals surface area contributed by atoms with Crippen LogP contribution < -0.4 is 4.74 Å². The van der Waals surface area contributed by atoms with Gasteiger partial charge in [-0.15, -0.1) is 0 Å². The molecule has 4 heteroatoms. The number of methoxy groups -OCH3 is 1. The van der Waals surface area contributed by atoms with E-state index >= 15 is 0 Å². The third-order valence-electron chi connectivity index (χ3n) is 1.75. The first-order valence-corrected chi connectivity index (χ1v) is 4.23. The second kappa shape index (κ2) is 4.95. The van der Waals surface area contributed by atoms with Gasteiger partial charge in [0.25, 0.3) is 5.78 Å². The van der Waals surface area contributed by atoms with Crippen LogP contribution in [0.15, 0.2) is 30.3 Å². The van der Waals surface area contributed by atoms with E-state index in [9.17, 15) is 9.59 Å². The van der Waals surface area contributed by atoms with Crippen molar-refractivity contribution in [1.82, 2.24) is 0 Å². The molecular formula is C11H10O4. The van der Waals surface area contributed by atoms with Gasteiger partial charge in [0.2, 0.25) is 0 Å². The molecule has 0 radical (unpaired) electrons. The van der Waals surface area contributed by atoms with Crippen molar-refractivity contribution in [3.63, 3.8) is 0 Å². The van der Waals surface area contributed by atoms with Gasteiger partial charge in [-0.3, -0.25) is 4.79 Å². The topological polar surface area (TPSA) is 63.6 Å². The van der Waals surface area contributed by atoms with Crippen LogP contribution in [-0.2, 0) is 9.59 Å². The average molecular weight is 206 g/mol. The second-order valence-electron chi connectivity index (χ2n) is 2.78. The minimum atomic E-state index is -1.46. The van der Waals surface area contributed by atoms with Crippen molar-refractivity contribution in [3.05, 3.63) is 35.9 Å². The maximum absolute atomic E-state index is 10.7. The van der Waals surface area contributed by atoms with Crippen LogP contribution in [0.1, 0.15) is 5.56 Å². The lowest BCUT2D eigenvalue weighted by molar-refractivity contribution is -0.146. The zero-order chi connectivity index (χ0) is 11.3. The van der Waals surface area contributed by atoms with Gasteiger partial charge in [-0.2, -0.15) is 0 Å². The van der Waals surface area contributed by atoms with Gasteiger partial charge in [-0.25, -0.2) is 4.79 Å². The first-order valence-electron chi connectivity index (χ1n) is 4.23. The Morgan fingerprint density at radius 1 is 1.27 bits per heavy atom. The van der Waals surface area contributed by atoms with E-state index in [1.54, 1.807) is 31.4 Å². The highest BCUT2D eigenvalue weighted by molar-refractivity contribution is 6.38. The number of rotatable bonds is 4. The van der Waals surface area contributed by atoms with Gasteiger partial charge in [0.15, 0.2) is 0 Å². The van der Waals surface area contributed by atoms with E-state index in [-0.39, 0.29) is 0 Å². The van der Waals surface area contributed by atoms with Crippen molar-refractivity contribution in [1.29, 1.82) is 0 Å². The predicted molar refractivity (Wildman–Crippen MR) is 54.7 cm³/mol. The molecule has 1 aromatic rings. The Hall–Kier alpha value is -2.10. The molecule has 0 saturated carbocycles. The van der Waals surface area contributed by atoms with Gasteiger partial charge >= 0.3 is 5.97 Å². The molecule has 1 rings (SSSR count).